The Balaban J connectivity index is 2.19. The van der Waals surface area contributed by atoms with E-state index in [1.165, 1.54) is 6.42 Å². The zero-order chi connectivity index (χ0) is 8.10. The summed E-state index contributed by atoms with van der Waals surface area (Å²) in [7, 11) is 0. The number of amides is 1. The monoisotopic (exact) mass is 159 g/mol. The first kappa shape index (κ1) is 8.29. The molecule has 3 N–H and O–H groups in total. The van der Waals surface area contributed by atoms with Crippen LogP contribution in [0.3, 0.4) is 0 Å². The SMILES string of the molecule is NOC(=O)NN1CCCCC1. The van der Waals surface area contributed by atoms with E-state index in [9.17, 15) is 4.79 Å². The largest absolute Gasteiger partial charge is 0.440 e. The second kappa shape index (κ2) is 4.15. The molecule has 1 amide bonds. The summed E-state index contributed by atoms with van der Waals surface area (Å²) in [4.78, 5) is 14.5. The number of nitrogens with two attached hydrogens (primary N) is 1. The first-order valence-corrected chi connectivity index (χ1v) is 3.75. The summed E-state index contributed by atoms with van der Waals surface area (Å²) in [6.07, 6.45) is 2.87. The van der Waals surface area contributed by atoms with Crippen molar-refractivity contribution in [2.75, 3.05) is 13.1 Å². The van der Waals surface area contributed by atoms with Gasteiger partial charge in [0.05, 0.1) is 0 Å². The summed E-state index contributed by atoms with van der Waals surface area (Å²) < 4.78 is 0. The van der Waals surface area contributed by atoms with Crippen LogP contribution in [0.2, 0.25) is 0 Å². The van der Waals surface area contributed by atoms with Crippen LogP contribution in [0.4, 0.5) is 4.79 Å². The molecule has 0 aromatic rings. The zero-order valence-corrected chi connectivity index (χ0v) is 6.38. The van der Waals surface area contributed by atoms with E-state index >= 15 is 0 Å². The molecule has 1 aliphatic heterocycles. The van der Waals surface area contributed by atoms with Gasteiger partial charge in [0.1, 0.15) is 0 Å². The maximum atomic E-state index is 10.6. The minimum atomic E-state index is -0.591. The van der Waals surface area contributed by atoms with Crippen LogP contribution in [0.15, 0.2) is 0 Å². The highest BCUT2D eigenvalue weighted by Gasteiger charge is 2.12. The number of hydrogen-bond acceptors (Lipinski definition) is 4. The standard InChI is InChI=1S/C6H13N3O2/c7-11-6(10)8-9-4-2-1-3-5-9/h1-5,7H2,(H,8,10). The number of hydrazine groups is 1. The van der Waals surface area contributed by atoms with E-state index in [0.717, 1.165) is 25.9 Å². The van der Waals surface area contributed by atoms with E-state index in [4.69, 9.17) is 0 Å². The molecule has 1 fully saturated rings. The van der Waals surface area contributed by atoms with Crippen molar-refractivity contribution in [3.05, 3.63) is 0 Å². The minimum absolute atomic E-state index is 0.591. The van der Waals surface area contributed by atoms with Gasteiger partial charge < -0.3 is 4.84 Å². The number of carbonyl (C=O) groups is 1. The molecule has 0 aromatic carbocycles. The first-order chi connectivity index (χ1) is 5.33. The van der Waals surface area contributed by atoms with Gasteiger partial charge in [-0.2, -0.15) is 5.90 Å². The van der Waals surface area contributed by atoms with Gasteiger partial charge in [0.25, 0.3) is 0 Å². The number of nitrogens with zero attached hydrogens (tertiary/aromatic N) is 1. The quantitative estimate of drug-likeness (QED) is 0.528. The third-order valence-corrected chi connectivity index (χ3v) is 1.71. The highest BCUT2D eigenvalue weighted by atomic mass is 16.7. The van der Waals surface area contributed by atoms with Gasteiger partial charge in [0, 0.05) is 13.1 Å². The highest BCUT2D eigenvalue weighted by Crippen LogP contribution is 2.05. The zero-order valence-electron chi connectivity index (χ0n) is 6.38. The number of carbonyl (C=O) groups excluding carboxylic acids is 1. The van der Waals surface area contributed by atoms with Crippen molar-refractivity contribution in [1.29, 1.82) is 0 Å². The summed E-state index contributed by atoms with van der Waals surface area (Å²) in [6.45, 7) is 1.77. The summed E-state index contributed by atoms with van der Waals surface area (Å²) in [5.41, 5.74) is 2.52. The van der Waals surface area contributed by atoms with Crippen molar-refractivity contribution < 1.29 is 9.63 Å². The predicted molar refractivity (Wildman–Crippen MR) is 39.2 cm³/mol. The fraction of sp³-hybridized carbons (Fsp3) is 0.833. The lowest BCUT2D eigenvalue weighted by Crippen LogP contribution is -2.45. The van der Waals surface area contributed by atoms with Gasteiger partial charge in [0.15, 0.2) is 0 Å². The molecule has 64 valence electrons. The molecule has 0 aromatic heterocycles. The Bertz CT molecular complexity index is 134. The van der Waals surface area contributed by atoms with Crippen LogP contribution < -0.4 is 11.3 Å². The molecule has 5 heteroatoms. The normalized spacial score (nSPS) is 19.4. The molecular weight excluding hydrogens is 146 g/mol. The van der Waals surface area contributed by atoms with Crippen LogP contribution in [0.5, 0.6) is 0 Å². The Labute approximate surface area is 65.4 Å². The smallest absolute Gasteiger partial charge is 0.356 e. The van der Waals surface area contributed by atoms with E-state index in [1.54, 1.807) is 0 Å². The fourth-order valence-corrected chi connectivity index (χ4v) is 1.16. The van der Waals surface area contributed by atoms with Crippen LogP contribution >= 0.6 is 0 Å². The molecule has 0 bridgehead atoms. The molecule has 1 rings (SSSR count). The maximum absolute atomic E-state index is 10.6. The summed E-state index contributed by atoms with van der Waals surface area (Å²) in [5.74, 6) is 4.65. The second-order valence-electron chi connectivity index (χ2n) is 2.56. The molecule has 0 saturated carbocycles. The number of rotatable bonds is 1. The number of nitrogens with one attached hydrogen (secondary N) is 1. The number of piperidine rings is 1. The summed E-state index contributed by atoms with van der Waals surface area (Å²) in [5, 5.41) is 1.82. The Morgan fingerprint density at radius 3 is 2.55 bits per heavy atom. The van der Waals surface area contributed by atoms with Gasteiger partial charge >= 0.3 is 6.09 Å². The molecule has 0 spiro atoms. The van der Waals surface area contributed by atoms with Crippen LogP contribution in [0.1, 0.15) is 19.3 Å². The lowest BCUT2D eigenvalue weighted by atomic mass is 10.2. The molecule has 0 atom stereocenters. The first-order valence-electron chi connectivity index (χ1n) is 3.75. The van der Waals surface area contributed by atoms with E-state index in [1.807, 2.05) is 5.01 Å². The van der Waals surface area contributed by atoms with Crippen LogP contribution in [0, 0.1) is 0 Å². The maximum Gasteiger partial charge on any atom is 0.440 e. The molecule has 0 unspecified atom stereocenters. The van der Waals surface area contributed by atoms with Gasteiger partial charge in [-0.15, -0.1) is 0 Å². The molecule has 5 nitrogen and oxygen atoms in total. The van der Waals surface area contributed by atoms with Crippen molar-refractivity contribution in [2.45, 2.75) is 19.3 Å². The van der Waals surface area contributed by atoms with E-state index in [-0.39, 0.29) is 0 Å². The van der Waals surface area contributed by atoms with E-state index in [2.05, 4.69) is 16.2 Å². The van der Waals surface area contributed by atoms with Crippen molar-refractivity contribution in [3.8, 4) is 0 Å². The molecule has 11 heavy (non-hydrogen) atoms. The lowest BCUT2D eigenvalue weighted by Gasteiger charge is -2.25. The highest BCUT2D eigenvalue weighted by molar-refractivity contribution is 5.65. The average Bonchev–Trinajstić information content (AvgIpc) is 2.06. The van der Waals surface area contributed by atoms with Crippen molar-refractivity contribution >= 4 is 6.09 Å². The molecule has 1 heterocycles. The Hall–Kier alpha value is -0.810. The van der Waals surface area contributed by atoms with Gasteiger partial charge in [0.2, 0.25) is 0 Å². The molecule has 0 aliphatic carbocycles. The van der Waals surface area contributed by atoms with E-state index < -0.39 is 6.09 Å². The van der Waals surface area contributed by atoms with Crippen molar-refractivity contribution in [2.24, 2.45) is 5.90 Å². The lowest BCUT2D eigenvalue weighted by molar-refractivity contribution is 0.0958. The van der Waals surface area contributed by atoms with Crippen LogP contribution in [0.25, 0.3) is 0 Å². The van der Waals surface area contributed by atoms with Crippen LogP contribution in [-0.2, 0) is 4.84 Å². The van der Waals surface area contributed by atoms with Crippen LogP contribution in [-0.4, -0.2) is 24.2 Å². The average molecular weight is 159 g/mol. The summed E-state index contributed by atoms with van der Waals surface area (Å²) in [6, 6.07) is 0. The van der Waals surface area contributed by atoms with Gasteiger partial charge in [-0.3, -0.25) is 5.43 Å². The van der Waals surface area contributed by atoms with Crippen molar-refractivity contribution in [3.63, 3.8) is 0 Å². The predicted octanol–water partition coefficient (Wildman–Crippen LogP) is -0.0128. The van der Waals surface area contributed by atoms with Gasteiger partial charge in [-0.1, -0.05) is 6.42 Å². The third-order valence-electron chi connectivity index (χ3n) is 1.71. The minimum Gasteiger partial charge on any atom is -0.356 e. The summed E-state index contributed by atoms with van der Waals surface area (Å²) >= 11 is 0. The van der Waals surface area contributed by atoms with Gasteiger partial charge in [-0.25, -0.2) is 9.80 Å². The molecule has 1 aliphatic rings. The Morgan fingerprint density at radius 1 is 1.36 bits per heavy atom. The molecule has 1 saturated heterocycles. The van der Waals surface area contributed by atoms with Gasteiger partial charge in [-0.05, 0) is 12.8 Å². The third kappa shape index (κ3) is 2.73. The second-order valence-corrected chi connectivity index (χ2v) is 2.56. The molecule has 0 radical (unpaired) electrons. The fourth-order valence-electron chi connectivity index (χ4n) is 1.16. The number of hydrogen-bond donors (Lipinski definition) is 2. The van der Waals surface area contributed by atoms with E-state index in [0.29, 0.717) is 0 Å². The van der Waals surface area contributed by atoms with Crippen molar-refractivity contribution in [1.82, 2.24) is 10.4 Å². The Morgan fingerprint density at radius 2 is 2.00 bits per heavy atom. The molecular formula is C6H13N3O2. The topological polar surface area (TPSA) is 67.6 Å². The Kier molecular flexibility index (Phi) is 3.13.